The van der Waals surface area contributed by atoms with Crippen molar-refractivity contribution in [3.63, 3.8) is 0 Å². The lowest BCUT2D eigenvalue weighted by atomic mass is 10.2. The van der Waals surface area contributed by atoms with Crippen LogP contribution in [-0.2, 0) is 9.84 Å². The molecule has 0 saturated heterocycles. The van der Waals surface area contributed by atoms with Crippen LogP contribution in [-0.4, -0.2) is 32.4 Å². The van der Waals surface area contributed by atoms with E-state index in [1.807, 2.05) is 0 Å². The third-order valence-electron chi connectivity index (χ3n) is 2.27. The lowest BCUT2D eigenvalue weighted by Crippen LogP contribution is -2.15. The van der Waals surface area contributed by atoms with Gasteiger partial charge >= 0.3 is 0 Å². The Morgan fingerprint density at radius 3 is 2.41 bits per heavy atom. The molecule has 6 heteroatoms. The second-order valence-electron chi connectivity index (χ2n) is 3.52. The van der Waals surface area contributed by atoms with E-state index in [9.17, 15) is 8.42 Å². The summed E-state index contributed by atoms with van der Waals surface area (Å²) in [6, 6.07) is 6.64. The first-order valence-electron chi connectivity index (χ1n) is 5.22. The summed E-state index contributed by atoms with van der Waals surface area (Å²) in [5.41, 5.74) is 5.91. The Kier molecular flexibility index (Phi) is 4.51. The van der Waals surface area contributed by atoms with Crippen molar-refractivity contribution in [3.05, 3.63) is 29.8 Å². The van der Waals surface area contributed by atoms with Crippen molar-refractivity contribution in [1.82, 2.24) is 0 Å². The van der Waals surface area contributed by atoms with E-state index in [1.165, 1.54) is 0 Å². The summed E-state index contributed by atoms with van der Waals surface area (Å²) in [7, 11) is -2.99. The van der Waals surface area contributed by atoms with Gasteiger partial charge in [-0.15, -0.1) is 0 Å². The first-order valence-corrected chi connectivity index (χ1v) is 7.04. The third-order valence-corrected chi connectivity index (χ3v) is 3.94. The minimum absolute atomic E-state index is 0.00916. The number of hydrogen-bond acceptors (Lipinski definition) is 4. The SMILES string of the molecule is CCS(=O)(=O)CCOc1ccc(C(=N)N)cc1. The molecule has 0 aliphatic carbocycles. The molecule has 1 aromatic rings. The second kappa shape index (κ2) is 5.67. The summed E-state index contributed by atoms with van der Waals surface area (Å²) in [6.07, 6.45) is 0. The zero-order chi connectivity index (χ0) is 12.9. The lowest BCUT2D eigenvalue weighted by molar-refractivity contribution is 0.341. The number of nitrogen functional groups attached to an aromatic ring is 1. The van der Waals surface area contributed by atoms with Crippen LogP contribution in [0.2, 0.25) is 0 Å². The quantitative estimate of drug-likeness (QED) is 0.581. The Morgan fingerprint density at radius 1 is 1.35 bits per heavy atom. The fourth-order valence-corrected chi connectivity index (χ4v) is 1.79. The molecule has 0 unspecified atom stereocenters. The van der Waals surface area contributed by atoms with Crippen LogP contribution in [0, 0.1) is 5.41 Å². The molecule has 0 aromatic heterocycles. The van der Waals surface area contributed by atoms with Gasteiger partial charge in [-0.25, -0.2) is 8.42 Å². The largest absolute Gasteiger partial charge is 0.493 e. The minimum Gasteiger partial charge on any atom is -0.493 e. The minimum atomic E-state index is -2.99. The van der Waals surface area contributed by atoms with Gasteiger partial charge in [0.25, 0.3) is 0 Å². The molecule has 0 aliphatic rings. The second-order valence-corrected chi connectivity index (χ2v) is 6.00. The van der Waals surface area contributed by atoms with Gasteiger partial charge in [0.1, 0.15) is 18.2 Å². The summed E-state index contributed by atoms with van der Waals surface area (Å²) in [6.45, 7) is 1.74. The van der Waals surface area contributed by atoms with Crippen LogP contribution in [0.1, 0.15) is 12.5 Å². The molecule has 0 bridgehead atoms. The van der Waals surface area contributed by atoms with E-state index in [1.54, 1.807) is 31.2 Å². The molecule has 17 heavy (non-hydrogen) atoms. The average Bonchev–Trinajstić information content (AvgIpc) is 2.29. The maximum absolute atomic E-state index is 11.2. The number of nitrogens with two attached hydrogens (primary N) is 1. The molecule has 0 aliphatic heterocycles. The smallest absolute Gasteiger partial charge is 0.153 e. The molecule has 0 heterocycles. The molecular formula is C11H16N2O3S. The van der Waals surface area contributed by atoms with Crippen LogP contribution < -0.4 is 10.5 Å². The molecule has 1 rings (SSSR count). The van der Waals surface area contributed by atoms with Gasteiger partial charge in [0, 0.05) is 11.3 Å². The molecule has 0 spiro atoms. The van der Waals surface area contributed by atoms with Crippen LogP contribution in [0.15, 0.2) is 24.3 Å². The van der Waals surface area contributed by atoms with Crippen LogP contribution in [0.4, 0.5) is 0 Å². The number of ether oxygens (including phenoxy) is 1. The highest BCUT2D eigenvalue weighted by Crippen LogP contribution is 2.11. The van der Waals surface area contributed by atoms with Crippen molar-refractivity contribution in [3.8, 4) is 5.75 Å². The van der Waals surface area contributed by atoms with E-state index in [0.29, 0.717) is 11.3 Å². The van der Waals surface area contributed by atoms with Gasteiger partial charge in [-0.3, -0.25) is 5.41 Å². The molecule has 0 amide bonds. The summed E-state index contributed by atoms with van der Waals surface area (Å²) in [5, 5.41) is 7.21. The maximum Gasteiger partial charge on any atom is 0.153 e. The van der Waals surface area contributed by atoms with E-state index in [4.69, 9.17) is 15.9 Å². The fourth-order valence-electron chi connectivity index (χ4n) is 1.16. The predicted molar refractivity (Wildman–Crippen MR) is 67.3 cm³/mol. The zero-order valence-corrected chi connectivity index (χ0v) is 10.5. The fraction of sp³-hybridized carbons (Fsp3) is 0.364. The molecule has 0 saturated carbocycles. The van der Waals surface area contributed by atoms with Crippen molar-refractivity contribution in [2.75, 3.05) is 18.1 Å². The molecular weight excluding hydrogens is 240 g/mol. The Morgan fingerprint density at radius 2 is 1.94 bits per heavy atom. The van der Waals surface area contributed by atoms with Crippen molar-refractivity contribution >= 4 is 15.7 Å². The summed E-state index contributed by atoms with van der Waals surface area (Å²) in [5.74, 6) is 0.698. The number of sulfone groups is 1. The molecule has 0 atom stereocenters. The molecule has 1 aromatic carbocycles. The lowest BCUT2D eigenvalue weighted by Gasteiger charge is -2.06. The topological polar surface area (TPSA) is 93.2 Å². The van der Waals surface area contributed by atoms with E-state index in [-0.39, 0.29) is 23.9 Å². The number of nitrogens with one attached hydrogen (secondary N) is 1. The Hall–Kier alpha value is -1.56. The van der Waals surface area contributed by atoms with Gasteiger partial charge < -0.3 is 10.5 Å². The summed E-state index contributed by atoms with van der Waals surface area (Å²) >= 11 is 0. The predicted octanol–water partition coefficient (Wildman–Crippen LogP) is 0.784. The first-order chi connectivity index (χ1) is 7.94. The normalized spacial score (nSPS) is 11.1. The van der Waals surface area contributed by atoms with Gasteiger partial charge in [-0.05, 0) is 24.3 Å². The summed E-state index contributed by atoms with van der Waals surface area (Å²) in [4.78, 5) is 0. The van der Waals surface area contributed by atoms with Gasteiger partial charge in [0.2, 0.25) is 0 Å². The highest BCUT2D eigenvalue weighted by atomic mass is 32.2. The van der Waals surface area contributed by atoms with Gasteiger partial charge in [0.15, 0.2) is 9.84 Å². The van der Waals surface area contributed by atoms with E-state index < -0.39 is 9.84 Å². The Balaban J connectivity index is 2.51. The standard InChI is InChI=1S/C11H16N2O3S/c1-2-17(14,15)8-7-16-10-5-3-9(4-6-10)11(12)13/h3-6H,2,7-8H2,1H3,(H3,12,13). The first kappa shape index (κ1) is 13.5. The number of benzene rings is 1. The number of amidine groups is 1. The summed E-state index contributed by atoms with van der Waals surface area (Å²) < 4.78 is 27.7. The van der Waals surface area contributed by atoms with E-state index in [2.05, 4.69) is 0 Å². The van der Waals surface area contributed by atoms with Crippen LogP contribution in [0.5, 0.6) is 5.75 Å². The van der Waals surface area contributed by atoms with E-state index in [0.717, 1.165) is 0 Å². The maximum atomic E-state index is 11.2. The Labute approximate surface area is 101 Å². The highest BCUT2D eigenvalue weighted by molar-refractivity contribution is 7.91. The number of rotatable bonds is 6. The van der Waals surface area contributed by atoms with Gasteiger partial charge in [-0.2, -0.15) is 0 Å². The Bertz CT molecular complexity index is 480. The van der Waals surface area contributed by atoms with Gasteiger partial charge in [-0.1, -0.05) is 6.92 Å². The van der Waals surface area contributed by atoms with Gasteiger partial charge in [0.05, 0.1) is 5.75 Å². The van der Waals surface area contributed by atoms with E-state index >= 15 is 0 Å². The molecule has 3 N–H and O–H groups in total. The van der Waals surface area contributed by atoms with Crippen molar-refractivity contribution in [1.29, 1.82) is 5.41 Å². The monoisotopic (exact) mass is 256 g/mol. The third kappa shape index (κ3) is 4.44. The molecule has 0 fully saturated rings. The van der Waals surface area contributed by atoms with Crippen molar-refractivity contribution in [2.45, 2.75) is 6.92 Å². The highest BCUT2D eigenvalue weighted by Gasteiger charge is 2.07. The van der Waals surface area contributed by atoms with Crippen LogP contribution >= 0.6 is 0 Å². The number of hydrogen-bond donors (Lipinski definition) is 2. The molecule has 94 valence electrons. The van der Waals surface area contributed by atoms with Crippen LogP contribution in [0.3, 0.4) is 0 Å². The molecule has 5 nitrogen and oxygen atoms in total. The molecule has 0 radical (unpaired) electrons. The van der Waals surface area contributed by atoms with Crippen molar-refractivity contribution < 1.29 is 13.2 Å². The van der Waals surface area contributed by atoms with Crippen LogP contribution in [0.25, 0.3) is 0 Å². The average molecular weight is 256 g/mol. The zero-order valence-electron chi connectivity index (χ0n) is 9.64. The van der Waals surface area contributed by atoms with Crippen molar-refractivity contribution in [2.24, 2.45) is 5.73 Å².